The molecule has 1 aromatic heterocycles. The molecule has 0 aliphatic heterocycles. The molecule has 1 heterocycles. The molecule has 0 radical (unpaired) electrons. The molecule has 0 unspecified atom stereocenters. The Labute approximate surface area is 111 Å². The Kier molecular flexibility index (Phi) is 6.21. The fourth-order valence-electron chi connectivity index (χ4n) is 1.58. The lowest BCUT2D eigenvalue weighted by molar-refractivity contribution is 0.300. The van der Waals surface area contributed by atoms with Crippen molar-refractivity contribution in [2.75, 3.05) is 37.2 Å². The molecule has 0 saturated heterocycles. The van der Waals surface area contributed by atoms with Crippen LogP contribution in [0.15, 0.2) is 10.7 Å². The van der Waals surface area contributed by atoms with Gasteiger partial charge in [-0.05, 0) is 35.4 Å². The zero-order valence-corrected chi connectivity index (χ0v) is 12.0. The van der Waals surface area contributed by atoms with E-state index in [1.807, 2.05) is 0 Å². The minimum absolute atomic E-state index is 0.289. The zero-order valence-electron chi connectivity index (χ0n) is 10.4. The molecule has 0 bridgehead atoms. The number of halogens is 1. The van der Waals surface area contributed by atoms with Crippen molar-refractivity contribution >= 4 is 27.7 Å². The van der Waals surface area contributed by atoms with Crippen LogP contribution < -0.4 is 11.1 Å². The normalized spacial score (nSPS) is 10.8. The highest BCUT2D eigenvalue weighted by atomic mass is 79.9. The SMILES string of the molecule is CCCN(CC)CCNc1nc(N)ncc1Br. The van der Waals surface area contributed by atoms with Crippen LogP contribution in [0.5, 0.6) is 0 Å². The Hall–Kier alpha value is -0.880. The summed E-state index contributed by atoms with van der Waals surface area (Å²) in [5.41, 5.74) is 5.54. The van der Waals surface area contributed by atoms with Crippen molar-refractivity contribution in [3.05, 3.63) is 10.7 Å². The maximum absolute atomic E-state index is 5.54. The summed E-state index contributed by atoms with van der Waals surface area (Å²) in [5, 5.41) is 3.26. The predicted molar refractivity (Wildman–Crippen MR) is 75.0 cm³/mol. The third kappa shape index (κ3) is 4.87. The summed E-state index contributed by atoms with van der Waals surface area (Å²) >= 11 is 3.39. The van der Waals surface area contributed by atoms with Gasteiger partial charge in [0.25, 0.3) is 0 Å². The van der Waals surface area contributed by atoms with E-state index >= 15 is 0 Å². The average Bonchev–Trinajstić information content (AvgIpc) is 2.32. The van der Waals surface area contributed by atoms with Crippen molar-refractivity contribution in [1.82, 2.24) is 14.9 Å². The van der Waals surface area contributed by atoms with Crippen molar-refractivity contribution in [3.63, 3.8) is 0 Å². The minimum Gasteiger partial charge on any atom is -0.368 e. The maximum atomic E-state index is 5.54. The van der Waals surface area contributed by atoms with Crippen LogP contribution in [-0.2, 0) is 0 Å². The average molecular weight is 302 g/mol. The van der Waals surface area contributed by atoms with Crippen LogP contribution in [0.4, 0.5) is 11.8 Å². The molecule has 0 aliphatic carbocycles. The van der Waals surface area contributed by atoms with E-state index < -0.39 is 0 Å². The largest absolute Gasteiger partial charge is 0.368 e. The number of hydrogen-bond donors (Lipinski definition) is 2. The number of nitrogens with two attached hydrogens (primary N) is 1. The van der Waals surface area contributed by atoms with Gasteiger partial charge in [-0.3, -0.25) is 0 Å². The number of nitrogens with zero attached hydrogens (tertiary/aromatic N) is 3. The van der Waals surface area contributed by atoms with E-state index in [9.17, 15) is 0 Å². The first kappa shape index (κ1) is 14.2. The van der Waals surface area contributed by atoms with Crippen LogP contribution in [-0.4, -0.2) is 41.0 Å². The zero-order chi connectivity index (χ0) is 12.7. The molecule has 3 N–H and O–H groups in total. The number of anilines is 2. The van der Waals surface area contributed by atoms with Crippen LogP contribution >= 0.6 is 15.9 Å². The van der Waals surface area contributed by atoms with Gasteiger partial charge < -0.3 is 16.0 Å². The number of hydrogen-bond acceptors (Lipinski definition) is 5. The van der Waals surface area contributed by atoms with Crippen molar-refractivity contribution in [3.8, 4) is 0 Å². The second-order valence-electron chi connectivity index (χ2n) is 3.79. The monoisotopic (exact) mass is 301 g/mol. The van der Waals surface area contributed by atoms with Gasteiger partial charge >= 0.3 is 0 Å². The van der Waals surface area contributed by atoms with Gasteiger partial charge in [-0.2, -0.15) is 4.98 Å². The van der Waals surface area contributed by atoms with Crippen LogP contribution in [0.1, 0.15) is 20.3 Å². The summed E-state index contributed by atoms with van der Waals surface area (Å²) in [7, 11) is 0. The van der Waals surface area contributed by atoms with Crippen molar-refractivity contribution < 1.29 is 0 Å². The molecular formula is C11H20BrN5. The van der Waals surface area contributed by atoms with E-state index in [1.54, 1.807) is 6.20 Å². The van der Waals surface area contributed by atoms with E-state index in [4.69, 9.17) is 5.73 Å². The lowest BCUT2D eigenvalue weighted by Gasteiger charge is -2.19. The first-order chi connectivity index (χ1) is 8.17. The Bertz CT molecular complexity index is 345. The van der Waals surface area contributed by atoms with Crippen molar-refractivity contribution in [2.45, 2.75) is 20.3 Å². The number of nitrogens with one attached hydrogen (secondary N) is 1. The van der Waals surface area contributed by atoms with Crippen molar-refractivity contribution in [1.29, 1.82) is 0 Å². The molecule has 1 rings (SSSR count). The van der Waals surface area contributed by atoms with Gasteiger partial charge in [-0.1, -0.05) is 13.8 Å². The Morgan fingerprint density at radius 3 is 2.82 bits per heavy atom. The first-order valence-corrected chi connectivity index (χ1v) is 6.70. The van der Waals surface area contributed by atoms with Gasteiger partial charge in [-0.25, -0.2) is 4.98 Å². The molecule has 6 heteroatoms. The fraction of sp³-hybridized carbons (Fsp3) is 0.636. The first-order valence-electron chi connectivity index (χ1n) is 5.91. The van der Waals surface area contributed by atoms with E-state index in [2.05, 4.69) is 50.0 Å². The number of aromatic nitrogens is 2. The molecule has 0 spiro atoms. The lowest BCUT2D eigenvalue weighted by Crippen LogP contribution is -2.29. The minimum atomic E-state index is 0.289. The fourth-order valence-corrected chi connectivity index (χ4v) is 1.91. The maximum Gasteiger partial charge on any atom is 0.221 e. The number of likely N-dealkylation sites (N-methyl/N-ethyl adjacent to an activating group) is 1. The highest BCUT2D eigenvalue weighted by molar-refractivity contribution is 9.10. The second-order valence-corrected chi connectivity index (χ2v) is 4.64. The van der Waals surface area contributed by atoms with Crippen molar-refractivity contribution in [2.24, 2.45) is 0 Å². The Morgan fingerprint density at radius 2 is 2.18 bits per heavy atom. The third-order valence-electron chi connectivity index (χ3n) is 2.47. The Morgan fingerprint density at radius 1 is 1.41 bits per heavy atom. The highest BCUT2D eigenvalue weighted by Gasteiger charge is 2.04. The second kappa shape index (κ2) is 7.45. The molecule has 96 valence electrons. The van der Waals surface area contributed by atoms with Gasteiger partial charge in [-0.15, -0.1) is 0 Å². The van der Waals surface area contributed by atoms with E-state index in [-0.39, 0.29) is 5.95 Å². The van der Waals surface area contributed by atoms with Crippen LogP contribution in [0.3, 0.4) is 0 Å². The molecule has 17 heavy (non-hydrogen) atoms. The summed E-state index contributed by atoms with van der Waals surface area (Å²) in [6.07, 6.45) is 2.84. The van der Waals surface area contributed by atoms with E-state index in [1.165, 1.54) is 6.42 Å². The lowest BCUT2D eigenvalue weighted by atomic mass is 10.4. The topological polar surface area (TPSA) is 67.1 Å². The summed E-state index contributed by atoms with van der Waals surface area (Å²) in [5.74, 6) is 1.04. The summed E-state index contributed by atoms with van der Waals surface area (Å²) in [6, 6.07) is 0. The molecule has 0 saturated carbocycles. The van der Waals surface area contributed by atoms with Crippen LogP contribution in [0, 0.1) is 0 Å². The molecular weight excluding hydrogens is 282 g/mol. The summed E-state index contributed by atoms with van der Waals surface area (Å²) in [4.78, 5) is 10.4. The van der Waals surface area contributed by atoms with Gasteiger partial charge in [0.2, 0.25) is 5.95 Å². The van der Waals surface area contributed by atoms with Gasteiger partial charge in [0, 0.05) is 19.3 Å². The highest BCUT2D eigenvalue weighted by Crippen LogP contribution is 2.18. The Balaban J connectivity index is 2.42. The van der Waals surface area contributed by atoms with Gasteiger partial charge in [0.1, 0.15) is 5.82 Å². The standard InChI is InChI=1S/C11H20BrN5/c1-3-6-17(4-2)7-5-14-10-9(12)8-15-11(13)16-10/h8H,3-7H2,1-2H3,(H3,13,14,15,16). The van der Waals surface area contributed by atoms with Crippen LogP contribution in [0.25, 0.3) is 0 Å². The molecule has 0 amide bonds. The van der Waals surface area contributed by atoms with E-state index in [0.29, 0.717) is 0 Å². The molecule has 0 aromatic carbocycles. The van der Waals surface area contributed by atoms with Gasteiger partial charge in [0.05, 0.1) is 4.47 Å². The summed E-state index contributed by atoms with van der Waals surface area (Å²) < 4.78 is 0.838. The van der Waals surface area contributed by atoms with Gasteiger partial charge in [0.15, 0.2) is 0 Å². The third-order valence-corrected chi connectivity index (χ3v) is 3.05. The number of rotatable bonds is 7. The number of nitrogen functional groups attached to an aromatic ring is 1. The molecule has 5 nitrogen and oxygen atoms in total. The summed E-state index contributed by atoms with van der Waals surface area (Å²) in [6.45, 7) is 8.42. The molecule has 0 aliphatic rings. The van der Waals surface area contributed by atoms with Crippen LogP contribution in [0.2, 0.25) is 0 Å². The smallest absolute Gasteiger partial charge is 0.221 e. The molecule has 0 atom stereocenters. The van der Waals surface area contributed by atoms with E-state index in [0.717, 1.165) is 36.5 Å². The molecule has 1 aromatic rings. The molecule has 0 fully saturated rings. The quantitative estimate of drug-likeness (QED) is 0.806. The predicted octanol–water partition coefficient (Wildman–Crippen LogP) is 1.97.